The fraction of sp³-hybridized carbons (Fsp3) is 0.0667. The molecule has 0 aliphatic rings. The number of hydrogen-bond donors (Lipinski definition) is 2. The Morgan fingerprint density at radius 3 is 2.75 bits per heavy atom. The number of hydrogen-bond acceptors (Lipinski definition) is 3. The minimum Gasteiger partial charge on any atom is -0.375 e. The molecule has 0 fully saturated rings. The molecule has 0 aromatic heterocycles. The van der Waals surface area contributed by atoms with Crippen LogP contribution in [0.4, 0.5) is 11.4 Å². The van der Waals surface area contributed by atoms with Gasteiger partial charge in [-0.2, -0.15) is 5.26 Å². The second-order valence-corrected chi connectivity index (χ2v) is 4.51. The van der Waals surface area contributed by atoms with Crippen LogP contribution in [-0.2, 0) is 4.79 Å². The number of carbonyl (C=O) groups excluding carboxylic acids is 1. The Kier molecular flexibility index (Phi) is 4.59. The molecular weight excluding hydrogens is 274 g/mol. The standard InChI is InChI=1S/C15H12ClN3O/c16-12-5-3-6-13(8-12)19-15(20)10-18-14-7-2-1-4-11(14)9-17/h1-8,18H,10H2,(H,19,20). The van der Waals surface area contributed by atoms with E-state index in [2.05, 4.69) is 16.7 Å². The zero-order valence-corrected chi connectivity index (χ0v) is 11.3. The monoisotopic (exact) mass is 285 g/mol. The third-order valence-electron chi connectivity index (χ3n) is 2.60. The molecular formula is C15H12ClN3O. The molecule has 2 N–H and O–H groups in total. The zero-order valence-electron chi connectivity index (χ0n) is 10.6. The fourth-order valence-corrected chi connectivity index (χ4v) is 1.87. The summed E-state index contributed by atoms with van der Waals surface area (Å²) in [5, 5.41) is 15.2. The summed E-state index contributed by atoms with van der Waals surface area (Å²) in [5.41, 5.74) is 1.78. The van der Waals surface area contributed by atoms with E-state index in [-0.39, 0.29) is 12.5 Å². The van der Waals surface area contributed by atoms with Crippen molar-refractivity contribution in [1.82, 2.24) is 0 Å². The van der Waals surface area contributed by atoms with Crippen molar-refractivity contribution in [3.05, 3.63) is 59.1 Å². The van der Waals surface area contributed by atoms with E-state index in [1.807, 2.05) is 0 Å². The lowest BCUT2D eigenvalue weighted by Crippen LogP contribution is -2.22. The summed E-state index contributed by atoms with van der Waals surface area (Å²) in [6.07, 6.45) is 0. The topological polar surface area (TPSA) is 64.9 Å². The van der Waals surface area contributed by atoms with E-state index in [1.165, 1.54) is 0 Å². The van der Waals surface area contributed by atoms with Gasteiger partial charge in [-0.15, -0.1) is 0 Å². The van der Waals surface area contributed by atoms with Crippen molar-refractivity contribution < 1.29 is 4.79 Å². The molecule has 0 saturated heterocycles. The van der Waals surface area contributed by atoms with Crippen molar-refractivity contribution in [2.75, 3.05) is 17.2 Å². The molecule has 5 heteroatoms. The van der Waals surface area contributed by atoms with Crippen molar-refractivity contribution in [2.45, 2.75) is 0 Å². The van der Waals surface area contributed by atoms with E-state index in [9.17, 15) is 4.79 Å². The van der Waals surface area contributed by atoms with Gasteiger partial charge in [0.25, 0.3) is 0 Å². The first-order chi connectivity index (χ1) is 9.69. The average Bonchev–Trinajstić information content (AvgIpc) is 2.45. The average molecular weight is 286 g/mol. The second kappa shape index (κ2) is 6.60. The smallest absolute Gasteiger partial charge is 0.243 e. The van der Waals surface area contributed by atoms with Crippen molar-refractivity contribution in [1.29, 1.82) is 5.26 Å². The Balaban J connectivity index is 1.94. The maximum Gasteiger partial charge on any atom is 0.243 e. The molecule has 0 aliphatic carbocycles. The van der Waals surface area contributed by atoms with Gasteiger partial charge in [-0.3, -0.25) is 4.79 Å². The van der Waals surface area contributed by atoms with Crippen LogP contribution in [0.15, 0.2) is 48.5 Å². The molecule has 2 aromatic rings. The van der Waals surface area contributed by atoms with Crippen molar-refractivity contribution in [2.24, 2.45) is 0 Å². The van der Waals surface area contributed by atoms with Crippen LogP contribution in [0.25, 0.3) is 0 Å². The molecule has 0 atom stereocenters. The second-order valence-electron chi connectivity index (χ2n) is 4.07. The van der Waals surface area contributed by atoms with Gasteiger partial charge in [0.05, 0.1) is 17.8 Å². The zero-order chi connectivity index (χ0) is 14.4. The molecule has 100 valence electrons. The first-order valence-electron chi connectivity index (χ1n) is 5.97. The van der Waals surface area contributed by atoms with Gasteiger partial charge in [0.15, 0.2) is 0 Å². The summed E-state index contributed by atoms with van der Waals surface area (Å²) >= 11 is 5.84. The number of benzene rings is 2. The predicted molar refractivity (Wildman–Crippen MR) is 79.7 cm³/mol. The van der Waals surface area contributed by atoms with E-state index in [0.29, 0.717) is 22.0 Å². The van der Waals surface area contributed by atoms with Gasteiger partial charge >= 0.3 is 0 Å². The van der Waals surface area contributed by atoms with E-state index >= 15 is 0 Å². The van der Waals surface area contributed by atoms with Gasteiger partial charge in [0.2, 0.25) is 5.91 Å². The van der Waals surface area contributed by atoms with E-state index in [0.717, 1.165) is 0 Å². The van der Waals surface area contributed by atoms with E-state index in [4.69, 9.17) is 16.9 Å². The van der Waals surface area contributed by atoms with E-state index < -0.39 is 0 Å². The molecule has 2 rings (SSSR count). The Labute approximate surface area is 122 Å². The lowest BCUT2D eigenvalue weighted by molar-refractivity contribution is -0.114. The molecule has 1 amide bonds. The van der Waals surface area contributed by atoms with Crippen molar-refractivity contribution in [3.63, 3.8) is 0 Å². The third-order valence-corrected chi connectivity index (χ3v) is 2.83. The number of nitriles is 1. The SMILES string of the molecule is N#Cc1ccccc1NCC(=O)Nc1cccc(Cl)c1. The minimum absolute atomic E-state index is 0.0746. The summed E-state index contributed by atoms with van der Waals surface area (Å²) in [7, 11) is 0. The maximum absolute atomic E-state index is 11.8. The number of nitrogens with one attached hydrogen (secondary N) is 2. The number of anilines is 2. The van der Waals surface area contributed by atoms with Crippen LogP contribution in [0.2, 0.25) is 5.02 Å². The highest BCUT2D eigenvalue weighted by Crippen LogP contribution is 2.15. The number of carbonyl (C=O) groups is 1. The lowest BCUT2D eigenvalue weighted by atomic mass is 10.2. The molecule has 4 nitrogen and oxygen atoms in total. The number of amides is 1. The molecule has 0 heterocycles. The summed E-state index contributed by atoms with van der Waals surface area (Å²) in [6, 6.07) is 16.0. The number of rotatable bonds is 4. The van der Waals surface area contributed by atoms with Crippen LogP contribution in [0.3, 0.4) is 0 Å². The molecule has 0 aliphatic heterocycles. The van der Waals surface area contributed by atoms with Crippen molar-refractivity contribution in [3.8, 4) is 6.07 Å². The summed E-state index contributed by atoms with van der Waals surface area (Å²) < 4.78 is 0. The molecule has 20 heavy (non-hydrogen) atoms. The van der Waals surface area contributed by atoms with Gasteiger partial charge in [-0.05, 0) is 30.3 Å². The molecule has 0 bridgehead atoms. The minimum atomic E-state index is -0.208. The molecule has 2 aromatic carbocycles. The van der Waals surface area contributed by atoms with Gasteiger partial charge in [0, 0.05) is 10.7 Å². The summed E-state index contributed by atoms with van der Waals surface area (Å²) in [5.74, 6) is -0.208. The molecule has 0 unspecified atom stereocenters. The van der Waals surface area contributed by atoms with E-state index in [1.54, 1.807) is 48.5 Å². The first kappa shape index (κ1) is 13.9. The van der Waals surface area contributed by atoms with Crippen LogP contribution in [-0.4, -0.2) is 12.5 Å². The van der Waals surface area contributed by atoms with Crippen LogP contribution in [0, 0.1) is 11.3 Å². The van der Waals surface area contributed by atoms with Gasteiger partial charge in [-0.1, -0.05) is 29.8 Å². The third kappa shape index (κ3) is 3.74. The highest BCUT2D eigenvalue weighted by atomic mass is 35.5. The van der Waals surface area contributed by atoms with Crippen LogP contribution < -0.4 is 10.6 Å². The molecule has 0 spiro atoms. The maximum atomic E-state index is 11.8. The quantitative estimate of drug-likeness (QED) is 0.906. The van der Waals surface area contributed by atoms with Crippen LogP contribution in [0.5, 0.6) is 0 Å². The van der Waals surface area contributed by atoms with Crippen LogP contribution in [0.1, 0.15) is 5.56 Å². The Morgan fingerprint density at radius 2 is 2.00 bits per heavy atom. The highest BCUT2D eigenvalue weighted by molar-refractivity contribution is 6.30. The number of para-hydroxylation sites is 1. The number of halogens is 1. The van der Waals surface area contributed by atoms with Gasteiger partial charge < -0.3 is 10.6 Å². The summed E-state index contributed by atoms with van der Waals surface area (Å²) in [4.78, 5) is 11.8. The Bertz CT molecular complexity index is 664. The summed E-state index contributed by atoms with van der Waals surface area (Å²) in [6.45, 7) is 0.0746. The Hall–Kier alpha value is -2.51. The molecule has 0 saturated carbocycles. The molecule has 0 radical (unpaired) electrons. The van der Waals surface area contributed by atoms with Gasteiger partial charge in [0.1, 0.15) is 6.07 Å². The predicted octanol–water partition coefficient (Wildman–Crippen LogP) is 3.26. The Morgan fingerprint density at radius 1 is 1.20 bits per heavy atom. The largest absolute Gasteiger partial charge is 0.375 e. The van der Waals surface area contributed by atoms with Crippen molar-refractivity contribution >= 4 is 28.9 Å². The fourth-order valence-electron chi connectivity index (χ4n) is 1.68. The first-order valence-corrected chi connectivity index (χ1v) is 6.35. The highest BCUT2D eigenvalue weighted by Gasteiger charge is 2.05. The lowest BCUT2D eigenvalue weighted by Gasteiger charge is -2.09. The number of nitrogens with zero attached hydrogens (tertiary/aromatic N) is 1. The van der Waals surface area contributed by atoms with Crippen LogP contribution >= 0.6 is 11.6 Å². The van der Waals surface area contributed by atoms with Gasteiger partial charge in [-0.25, -0.2) is 0 Å². The normalized spacial score (nSPS) is 9.60.